The first-order valence-electron chi connectivity index (χ1n) is 7.84. The second-order valence-electron chi connectivity index (χ2n) is 6.10. The molecule has 7 heteroatoms. The zero-order valence-electron chi connectivity index (χ0n) is 13.6. The Hall–Kier alpha value is -1.56. The second kappa shape index (κ2) is 7.13. The number of hydrogen-bond donors (Lipinski definition) is 0. The Morgan fingerprint density at radius 1 is 1.17 bits per heavy atom. The Bertz CT molecular complexity index is 766. The lowest BCUT2D eigenvalue weighted by Crippen LogP contribution is -2.46. The molecule has 1 saturated heterocycles. The lowest BCUT2D eigenvalue weighted by molar-refractivity contribution is -0.00524. The summed E-state index contributed by atoms with van der Waals surface area (Å²) in [6, 6.07) is 7.30. The number of hydrogen-bond acceptors (Lipinski definition) is 4. The van der Waals surface area contributed by atoms with E-state index in [1.807, 2.05) is 26.0 Å². The van der Waals surface area contributed by atoms with Crippen LogP contribution >= 0.6 is 23.2 Å². The van der Waals surface area contributed by atoms with Gasteiger partial charge in [0.05, 0.1) is 30.6 Å². The van der Waals surface area contributed by atoms with Crippen LogP contribution in [0.2, 0.25) is 10.0 Å². The van der Waals surface area contributed by atoms with Crippen LogP contribution in [0.5, 0.6) is 0 Å². The zero-order valence-corrected chi connectivity index (χ0v) is 15.1. The van der Waals surface area contributed by atoms with Crippen molar-refractivity contribution in [3.8, 4) is 0 Å². The molecular formula is C17H19Cl2N3O2. The van der Waals surface area contributed by atoms with Gasteiger partial charge in [0.15, 0.2) is 0 Å². The van der Waals surface area contributed by atoms with E-state index >= 15 is 0 Å². The molecule has 0 aliphatic carbocycles. The molecule has 128 valence electrons. The van der Waals surface area contributed by atoms with Crippen molar-refractivity contribution in [1.82, 2.24) is 9.78 Å². The normalized spacial score (nSPS) is 21.1. The lowest BCUT2D eigenvalue weighted by atomic mass is 10.2. The fourth-order valence-electron chi connectivity index (χ4n) is 2.93. The minimum Gasteiger partial charge on any atom is -0.372 e. The van der Waals surface area contributed by atoms with Gasteiger partial charge >= 0.3 is 0 Å². The summed E-state index contributed by atoms with van der Waals surface area (Å²) in [6.07, 6.45) is 1.83. The van der Waals surface area contributed by atoms with E-state index in [-0.39, 0.29) is 22.8 Å². The molecule has 2 aromatic rings. The molecule has 0 radical (unpaired) electrons. The average Bonchev–Trinajstić information content (AvgIpc) is 2.53. The summed E-state index contributed by atoms with van der Waals surface area (Å²) in [6.45, 7) is 5.74. The van der Waals surface area contributed by atoms with E-state index in [9.17, 15) is 4.79 Å². The molecular weight excluding hydrogens is 349 g/mol. The number of benzene rings is 1. The van der Waals surface area contributed by atoms with Crippen molar-refractivity contribution < 1.29 is 4.74 Å². The third-order valence-corrected chi connectivity index (χ3v) is 4.58. The average molecular weight is 368 g/mol. The van der Waals surface area contributed by atoms with Crippen LogP contribution in [0.3, 0.4) is 0 Å². The molecule has 1 fully saturated rings. The SMILES string of the molecule is CC1CN(c2cnn(Cc3ccc(Cl)cc3)c(=O)c2Cl)CC(C)O1. The second-order valence-corrected chi connectivity index (χ2v) is 6.91. The molecule has 5 nitrogen and oxygen atoms in total. The molecule has 0 spiro atoms. The highest BCUT2D eigenvalue weighted by atomic mass is 35.5. The van der Waals surface area contributed by atoms with E-state index in [1.54, 1.807) is 18.3 Å². The molecule has 0 saturated carbocycles. The number of anilines is 1. The number of ether oxygens (including phenoxy) is 1. The van der Waals surface area contributed by atoms with Crippen LogP contribution in [0.25, 0.3) is 0 Å². The summed E-state index contributed by atoms with van der Waals surface area (Å²) in [5.41, 5.74) is 1.30. The summed E-state index contributed by atoms with van der Waals surface area (Å²) < 4.78 is 7.08. The van der Waals surface area contributed by atoms with Gasteiger partial charge in [0.25, 0.3) is 5.56 Å². The zero-order chi connectivity index (χ0) is 17.3. The molecule has 1 aromatic carbocycles. The molecule has 0 bridgehead atoms. The maximum absolute atomic E-state index is 12.6. The Labute approximate surface area is 150 Å². The largest absolute Gasteiger partial charge is 0.372 e. The Balaban J connectivity index is 1.86. The Morgan fingerprint density at radius 3 is 2.42 bits per heavy atom. The van der Waals surface area contributed by atoms with Crippen LogP contribution in [0, 0.1) is 0 Å². The van der Waals surface area contributed by atoms with Crippen LogP contribution in [-0.4, -0.2) is 35.1 Å². The minimum atomic E-state index is -0.295. The smallest absolute Gasteiger partial charge is 0.287 e. The monoisotopic (exact) mass is 367 g/mol. The van der Waals surface area contributed by atoms with E-state index in [0.717, 1.165) is 5.56 Å². The van der Waals surface area contributed by atoms with Crippen molar-refractivity contribution in [1.29, 1.82) is 0 Å². The molecule has 2 atom stereocenters. The Kier molecular flexibility index (Phi) is 5.13. The van der Waals surface area contributed by atoms with Gasteiger partial charge in [0.2, 0.25) is 0 Å². The highest BCUT2D eigenvalue weighted by Crippen LogP contribution is 2.25. The third kappa shape index (κ3) is 3.74. The molecule has 3 rings (SSSR count). The number of halogens is 2. The van der Waals surface area contributed by atoms with Gasteiger partial charge in [0, 0.05) is 18.1 Å². The highest BCUT2D eigenvalue weighted by molar-refractivity contribution is 6.33. The van der Waals surface area contributed by atoms with Gasteiger partial charge in [-0.2, -0.15) is 5.10 Å². The van der Waals surface area contributed by atoms with E-state index in [1.165, 1.54) is 4.68 Å². The molecule has 2 heterocycles. The van der Waals surface area contributed by atoms with Gasteiger partial charge in [-0.15, -0.1) is 0 Å². The first-order chi connectivity index (χ1) is 11.4. The summed E-state index contributed by atoms with van der Waals surface area (Å²) in [7, 11) is 0. The standard InChI is InChI=1S/C17H19Cl2N3O2/c1-11-8-21(9-12(2)24-11)15-7-20-22(17(23)16(15)19)10-13-3-5-14(18)6-4-13/h3-7,11-12H,8-10H2,1-2H3. The van der Waals surface area contributed by atoms with Gasteiger partial charge in [-0.1, -0.05) is 35.3 Å². The number of rotatable bonds is 3. The topological polar surface area (TPSA) is 47.4 Å². The van der Waals surface area contributed by atoms with Crippen molar-refractivity contribution in [2.24, 2.45) is 0 Å². The highest BCUT2D eigenvalue weighted by Gasteiger charge is 2.25. The summed E-state index contributed by atoms with van der Waals surface area (Å²) in [5.74, 6) is 0. The predicted octanol–water partition coefficient (Wildman–Crippen LogP) is 3.21. The van der Waals surface area contributed by atoms with E-state index in [2.05, 4.69) is 10.00 Å². The molecule has 1 aliphatic heterocycles. The molecule has 1 aliphatic rings. The first-order valence-corrected chi connectivity index (χ1v) is 8.60. The number of nitrogens with zero attached hydrogens (tertiary/aromatic N) is 3. The lowest BCUT2D eigenvalue weighted by Gasteiger charge is -2.36. The summed E-state index contributed by atoms with van der Waals surface area (Å²) in [4.78, 5) is 14.6. The molecule has 0 amide bonds. The third-order valence-electron chi connectivity index (χ3n) is 3.97. The maximum Gasteiger partial charge on any atom is 0.287 e. The van der Waals surface area contributed by atoms with Crippen molar-refractivity contribution in [3.63, 3.8) is 0 Å². The summed E-state index contributed by atoms with van der Waals surface area (Å²) >= 11 is 12.2. The van der Waals surface area contributed by atoms with E-state index in [0.29, 0.717) is 30.3 Å². The minimum absolute atomic E-state index is 0.0846. The molecule has 1 aromatic heterocycles. The molecule has 0 N–H and O–H groups in total. The molecule has 2 unspecified atom stereocenters. The van der Waals surface area contributed by atoms with Gasteiger partial charge < -0.3 is 9.64 Å². The first kappa shape index (κ1) is 17.3. The maximum atomic E-state index is 12.6. The van der Waals surface area contributed by atoms with Gasteiger partial charge in [-0.25, -0.2) is 4.68 Å². The van der Waals surface area contributed by atoms with Crippen molar-refractivity contribution in [2.75, 3.05) is 18.0 Å². The number of morpholine rings is 1. The fraction of sp³-hybridized carbons (Fsp3) is 0.412. The molecule has 24 heavy (non-hydrogen) atoms. The van der Waals surface area contributed by atoms with Gasteiger partial charge in [0.1, 0.15) is 5.02 Å². The predicted molar refractivity (Wildman–Crippen MR) is 96.3 cm³/mol. The summed E-state index contributed by atoms with van der Waals surface area (Å²) in [5, 5.41) is 5.14. The van der Waals surface area contributed by atoms with Crippen LogP contribution in [0.4, 0.5) is 5.69 Å². The van der Waals surface area contributed by atoms with Gasteiger partial charge in [-0.05, 0) is 31.5 Å². The van der Waals surface area contributed by atoms with Gasteiger partial charge in [-0.3, -0.25) is 4.79 Å². The number of aromatic nitrogens is 2. The van der Waals surface area contributed by atoms with Crippen LogP contribution in [0.1, 0.15) is 19.4 Å². The van der Waals surface area contributed by atoms with Crippen molar-refractivity contribution in [3.05, 3.63) is 56.4 Å². The van der Waals surface area contributed by atoms with E-state index in [4.69, 9.17) is 27.9 Å². The van der Waals surface area contributed by atoms with Crippen molar-refractivity contribution in [2.45, 2.75) is 32.6 Å². The Morgan fingerprint density at radius 2 is 1.79 bits per heavy atom. The van der Waals surface area contributed by atoms with Crippen LogP contribution < -0.4 is 10.5 Å². The quantitative estimate of drug-likeness (QED) is 0.835. The van der Waals surface area contributed by atoms with E-state index < -0.39 is 0 Å². The van der Waals surface area contributed by atoms with Crippen molar-refractivity contribution >= 4 is 28.9 Å². The van der Waals surface area contributed by atoms with Crippen LogP contribution in [-0.2, 0) is 11.3 Å². The van der Waals surface area contributed by atoms with Crippen LogP contribution in [0.15, 0.2) is 35.3 Å². The fourth-order valence-corrected chi connectivity index (χ4v) is 3.32.